The maximum Gasteiger partial charge on any atom is 0.336 e. The van der Waals surface area contributed by atoms with Crippen LogP contribution in [0.2, 0.25) is 0 Å². The highest BCUT2D eigenvalue weighted by molar-refractivity contribution is 7.98. The third kappa shape index (κ3) is 2.49. The maximum atomic E-state index is 10.9. The highest BCUT2D eigenvalue weighted by Gasteiger charge is 2.10. The average Bonchev–Trinajstić information content (AvgIpc) is 2.18. The quantitative estimate of drug-likeness (QED) is 0.777. The van der Waals surface area contributed by atoms with Crippen molar-refractivity contribution in [3.05, 3.63) is 29.3 Å². The van der Waals surface area contributed by atoms with Crippen LogP contribution in [-0.2, 0) is 11.3 Å². The molecule has 3 nitrogen and oxygen atoms in total. The fourth-order valence-corrected chi connectivity index (χ4v) is 1.60. The number of hydrogen-bond acceptors (Lipinski definition) is 3. The number of carboxylic acid groups (broad SMARTS) is 1. The highest BCUT2D eigenvalue weighted by atomic mass is 32.2. The summed E-state index contributed by atoms with van der Waals surface area (Å²) in [5.74, 6) is -0.909. The molecule has 76 valence electrons. The molecule has 0 atom stereocenters. The first-order valence-corrected chi connectivity index (χ1v) is 5.30. The molecule has 0 bridgehead atoms. The van der Waals surface area contributed by atoms with Crippen molar-refractivity contribution in [3.8, 4) is 0 Å². The zero-order chi connectivity index (χ0) is 10.6. The van der Waals surface area contributed by atoms with E-state index in [1.54, 1.807) is 19.2 Å². The summed E-state index contributed by atoms with van der Waals surface area (Å²) in [6, 6.07) is 5.35. The molecule has 0 spiro atoms. The lowest BCUT2D eigenvalue weighted by Crippen LogP contribution is -2.03. The van der Waals surface area contributed by atoms with Crippen LogP contribution in [0.3, 0.4) is 0 Å². The molecule has 1 aromatic rings. The number of ether oxygens (including phenoxy) is 1. The molecule has 0 unspecified atom stereocenters. The molecule has 0 radical (unpaired) electrons. The first-order valence-electron chi connectivity index (χ1n) is 4.08. The highest BCUT2D eigenvalue weighted by Crippen LogP contribution is 2.20. The lowest BCUT2D eigenvalue weighted by molar-refractivity contribution is 0.0691. The Labute approximate surface area is 87.1 Å². The van der Waals surface area contributed by atoms with Gasteiger partial charge in [0.25, 0.3) is 0 Å². The van der Waals surface area contributed by atoms with Gasteiger partial charge in [0.15, 0.2) is 0 Å². The molecule has 0 fully saturated rings. The van der Waals surface area contributed by atoms with Crippen LogP contribution >= 0.6 is 11.8 Å². The smallest absolute Gasteiger partial charge is 0.336 e. The van der Waals surface area contributed by atoms with E-state index in [1.165, 1.54) is 11.8 Å². The van der Waals surface area contributed by atoms with Gasteiger partial charge in [-0.05, 0) is 24.0 Å². The molecule has 0 amide bonds. The minimum atomic E-state index is -0.909. The summed E-state index contributed by atoms with van der Waals surface area (Å²) in [5.41, 5.74) is 1.02. The average molecular weight is 212 g/mol. The lowest BCUT2D eigenvalue weighted by Gasteiger charge is -2.06. The van der Waals surface area contributed by atoms with Crippen molar-refractivity contribution in [1.82, 2.24) is 0 Å². The minimum Gasteiger partial charge on any atom is -0.478 e. The number of carbonyl (C=O) groups is 1. The number of hydrogen-bond donors (Lipinski definition) is 1. The van der Waals surface area contributed by atoms with Crippen LogP contribution in [0, 0.1) is 0 Å². The summed E-state index contributed by atoms with van der Waals surface area (Å²) in [6.07, 6.45) is 1.91. The molecule has 0 aliphatic carbocycles. The molecule has 14 heavy (non-hydrogen) atoms. The maximum absolute atomic E-state index is 10.9. The molecule has 0 saturated carbocycles. The number of rotatable bonds is 4. The van der Waals surface area contributed by atoms with Gasteiger partial charge in [-0.15, -0.1) is 11.8 Å². The number of aromatic carboxylic acids is 1. The number of thioether (sulfide) groups is 1. The van der Waals surface area contributed by atoms with Gasteiger partial charge in [0, 0.05) is 12.0 Å². The van der Waals surface area contributed by atoms with Crippen molar-refractivity contribution in [2.45, 2.75) is 11.5 Å². The minimum absolute atomic E-state index is 0.318. The number of benzene rings is 1. The summed E-state index contributed by atoms with van der Waals surface area (Å²) < 4.78 is 4.92. The number of methoxy groups -OCH3 is 1. The topological polar surface area (TPSA) is 46.5 Å². The second-order valence-corrected chi connectivity index (χ2v) is 3.64. The zero-order valence-corrected chi connectivity index (χ0v) is 8.93. The Hall–Kier alpha value is -1.00. The van der Waals surface area contributed by atoms with E-state index in [-0.39, 0.29) is 0 Å². The third-order valence-corrected chi connectivity index (χ3v) is 2.57. The van der Waals surface area contributed by atoms with Crippen molar-refractivity contribution in [3.63, 3.8) is 0 Å². The second-order valence-electron chi connectivity index (χ2n) is 2.76. The van der Waals surface area contributed by atoms with E-state index in [2.05, 4.69) is 0 Å². The number of carboxylic acids is 1. The standard InChI is InChI=1S/C10H12O3S/c1-13-6-7-3-4-8(14-2)5-9(7)10(11)12/h3-5H,6H2,1-2H3,(H,11,12). The molecular weight excluding hydrogens is 200 g/mol. The van der Waals surface area contributed by atoms with E-state index in [9.17, 15) is 4.79 Å². The van der Waals surface area contributed by atoms with Crippen molar-refractivity contribution in [2.75, 3.05) is 13.4 Å². The molecule has 0 heterocycles. The monoisotopic (exact) mass is 212 g/mol. The third-order valence-electron chi connectivity index (χ3n) is 1.85. The van der Waals surface area contributed by atoms with Crippen LogP contribution in [0.1, 0.15) is 15.9 Å². The Balaban J connectivity index is 3.10. The van der Waals surface area contributed by atoms with E-state index in [4.69, 9.17) is 9.84 Å². The van der Waals surface area contributed by atoms with Crippen molar-refractivity contribution < 1.29 is 14.6 Å². The first-order chi connectivity index (χ1) is 6.69. The molecule has 0 saturated heterocycles. The van der Waals surface area contributed by atoms with Gasteiger partial charge in [0.05, 0.1) is 12.2 Å². The van der Waals surface area contributed by atoms with Gasteiger partial charge in [-0.3, -0.25) is 0 Å². The van der Waals surface area contributed by atoms with Crippen LogP contribution in [0.15, 0.2) is 23.1 Å². The van der Waals surface area contributed by atoms with E-state index in [0.29, 0.717) is 17.7 Å². The first kappa shape index (κ1) is 11.1. The summed E-state index contributed by atoms with van der Waals surface area (Å²) in [6.45, 7) is 0.330. The van der Waals surface area contributed by atoms with Crippen LogP contribution in [0.4, 0.5) is 0 Å². The summed E-state index contributed by atoms with van der Waals surface area (Å²) >= 11 is 1.52. The van der Waals surface area contributed by atoms with Crippen molar-refractivity contribution >= 4 is 17.7 Å². The van der Waals surface area contributed by atoms with Crippen molar-refractivity contribution in [2.24, 2.45) is 0 Å². The van der Waals surface area contributed by atoms with Gasteiger partial charge in [-0.2, -0.15) is 0 Å². The van der Waals surface area contributed by atoms with Gasteiger partial charge in [0.1, 0.15) is 0 Å². The van der Waals surface area contributed by atoms with E-state index < -0.39 is 5.97 Å². The fourth-order valence-electron chi connectivity index (χ4n) is 1.16. The van der Waals surface area contributed by atoms with E-state index >= 15 is 0 Å². The molecule has 0 aromatic heterocycles. The summed E-state index contributed by atoms with van der Waals surface area (Å²) in [5, 5.41) is 8.95. The predicted molar refractivity (Wildman–Crippen MR) is 55.9 cm³/mol. The predicted octanol–water partition coefficient (Wildman–Crippen LogP) is 2.25. The molecule has 1 aromatic carbocycles. The van der Waals surface area contributed by atoms with E-state index in [1.807, 2.05) is 12.3 Å². The molecule has 1 rings (SSSR count). The largest absolute Gasteiger partial charge is 0.478 e. The zero-order valence-electron chi connectivity index (χ0n) is 8.11. The van der Waals surface area contributed by atoms with Crippen LogP contribution in [-0.4, -0.2) is 24.4 Å². The van der Waals surface area contributed by atoms with Crippen LogP contribution in [0.25, 0.3) is 0 Å². The molecule has 1 N–H and O–H groups in total. The lowest BCUT2D eigenvalue weighted by atomic mass is 10.1. The van der Waals surface area contributed by atoms with E-state index in [0.717, 1.165) is 4.90 Å². The van der Waals surface area contributed by atoms with Crippen molar-refractivity contribution in [1.29, 1.82) is 0 Å². The Morgan fingerprint density at radius 1 is 1.57 bits per heavy atom. The molecule has 4 heteroatoms. The second kappa shape index (κ2) is 5.02. The Kier molecular flexibility index (Phi) is 3.98. The molecular formula is C10H12O3S. The SMILES string of the molecule is COCc1ccc(SC)cc1C(=O)O. The molecule has 0 aliphatic heterocycles. The Morgan fingerprint density at radius 2 is 2.29 bits per heavy atom. The van der Waals surface area contributed by atoms with Gasteiger partial charge < -0.3 is 9.84 Å². The van der Waals surface area contributed by atoms with Crippen LogP contribution in [0.5, 0.6) is 0 Å². The fraction of sp³-hybridized carbons (Fsp3) is 0.300. The summed E-state index contributed by atoms with van der Waals surface area (Å²) in [7, 11) is 1.55. The normalized spacial score (nSPS) is 10.1. The Morgan fingerprint density at radius 3 is 2.79 bits per heavy atom. The van der Waals surface area contributed by atoms with Gasteiger partial charge >= 0.3 is 5.97 Å². The van der Waals surface area contributed by atoms with Gasteiger partial charge in [-0.1, -0.05) is 6.07 Å². The molecule has 0 aliphatic rings. The summed E-state index contributed by atoms with van der Waals surface area (Å²) in [4.78, 5) is 11.8. The van der Waals surface area contributed by atoms with Gasteiger partial charge in [0.2, 0.25) is 0 Å². The van der Waals surface area contributed by atoms with Crippen LogP contribution < -0.4 is 0 Å². The Bertz CT molecular complexity index is 336. The van der Waals surface area contributed by atoms with Gasteiger partial charge in [-0.25, -0.2) is 4.79 Å².